The lowest BCUT2D eigenvalue weighted by Crippen LogP contribution is -2.46. The van der Waals surface area contributed by atoms with E-state index >= 15 is 0 Å². The summed E-state index contributed by atoms with van der Waals surface area (Å²) < 4.78 is 0. The number of carbonyl (C=O) groups excluding carboxylic acids is 3. The minimum atomic E-state index is -1.79. The number of hydrogen-bond acceptors (Lipinski definition) is 10. The van der Waals surface area contributed by atoms with Crippen molar-refractivity contribution in [2.75, 3.05) is 6.61 Å². The Morgan fingerprint density at radius 2 is 1.27 bits per heavy atom. The second-order valence-electron chi connectivity index (χ2n) is 3.33. The van der Waals surface area contributed by atoms with Gasteiger partial charge >= 0.3 is 0 Å². The van der Waals surface area contributed by atoms with Crippen molar-refractivity contribution >= 4 is 18.2 Å². The molecule has 0 heterocycles. The third-order valence-electron chi connectivity index (χ3n) is 1.78. The maximum atomic E-state index is 9.90. The maximum absolute atomic E-state index is 9.90. The van der Waals surface area contributed by atoms with Gasteiger partial charge in [-0.3, -0.25) is 0 Å². The fourth-order valence-electron chi connectivity index (χ4n) is 0.754. The highest BCUT2D eigenvalue weighted by molar-refractivity contribution is 5.87. The molecule has 132 valence electrons. The third kappa shape index (κ3) is 14.5. The number of hydrogen-bond donors (Lipinski definition) is 7. The number of aliphatic hydroxyl groups is 5. The van der Waals surface area contributed by atoms with Crippen LogP contribution in [0.4, 0.5) is 0 Å². The number of carboxylic acids is 2. The van der Waals surface area contributed by atoms with E-state index in [4.69, 9.17) is 25.5 Å². The van der Waals surface area contributed by atoms with Crippen LogP contribution >= 0.6 is 0 Å². The molecule has 0 aliphatic heterocycles. The lowest BCUT2D eigenvalue weighted by atomic mass is 10.0. The van der Waals surface area contributed by atoms with E-state index in [-0.39, 0.29) is 18.6 Å². The van der Waals surface area contributed by atoms with Gasteiger partial charge in [-0.05, 0) is 12.2 Å². The summed E-state index contributed by atoms with van der Waals surface area (Å²) in [4.78, 5) is 28.7. The van der Waals surface area contributed by atoms with Crippen LogP contribution in [0.25, 0.3) is 0 Å². The van der Waals surface area contributed by atoms with Crippen molar-refractivity contribution in [2.45, 2.75) is 24.4 Å². The molecule has 13 N–H and O–H groups in total. The second kappa shape index (κ2) is 15.5. The summed E-state index contributed by atoms with van der Waals surface area (Å²) in [7, 11) is 0. The van der Waals surface area contributed by atoms with Gasteiger partial charge in [-0.1, -0.05) is 0 Å². The zero-order valence-corrected chi connectivity index (χ0v) is 12.0. The molecule has 12 nitrogen and oxygen atoms in total. The van der Waals surface area contributed by atoms with Gasteiger partial charge in [0.2, 0.25) is 0 Å². The molecule has 0 aromatic rings. The zero-order valence-electron chi connectivity index (χ0n) is 12.0. The van der Waals surface area contributed by atoms with Crippen LogP contribution in [0.15, 0.2) is 12.2 Å². The Morgan fingerprint density at radius 1 is 0.909 bits per heavy atom. The molecule has 0 unspecified atom stereocenters. The monoisotopic (exact) mass is 330 g/mol. The molecule has 22 heavy (non-hydrogen) atoms. The number of aliphatic hydroxyl groups excluding tert-OH is 5. The van der Waals surface area contributed by atoms with E-state index < -0.39 is 43.0 Å². The highest BCUT2D eigenvalue weighted by Gasteiger charge is 2.29. The van der Waals surface area contributed by atoms with E-state index in [9.17, 15) is 24.6 Å². The van der Waals surface area contributed by atoms with Crippen LogP contribution in [0.5, 0.6) is 0 Å². The van der Waals surface area contributed by atoms with Gasteiger partial charge in [-0.15, -0.1) is 0 Å². The zero-order chi connectivity index (χ0) is 16.3. The van der Waals surface area contributed by atoms with Gasteiger partial charge in [-0.25, -0.2) is 0 Å². The van der Waals surface area contributed by atoms with Crippen LogP contribution in [0.1, 0.15) is 0 Å². The van der Waals surface area contributed by atoms with Gasteiger partial charge in [0, 0.05) is 0 Å². The van der Waals surface area contributed by atoms with Gasteiger partial charge in [0.15, 0.2) is 6.29 Å². The van der Waals surface area contributed by atoms with E-state index in [0.717, 1.165) is 0 Å². The first kappa shape index (κ1) is 28.3. The van der Waals surface area contributed by atoms with E-state index in [1.807, 2.05) is 0 Å². The largest absolute Gasteiger partial charge is 0.545 e. The standard InChI is InChI=1S/C6H12O6.C4H4O4.2H3N/c7-1-3(9)5(11)6(12)4(10)2-8;5-3(6)1-2-4(7)8;;/h1,3-6,8-12H,2H2;1-2H,(H,5,6)(H,7,8);2*1H3/b;2-1-;;/t3-,4+,5+,6+;;;/m0.../s1. The van der Waals surface area contributed by atoms with Gasteiger partial charge in [0.05, 0.1) is 18.5 Å². The van der Waals surface area contributed by atoms with E-state index in [0.29, 0.717) is 12.2 Å². The molecule has 0 aromatic heterocycles. The summed E-state index contributed by atoms with van der Waals surface area (Å²) in [6.45, 7) is -0.760. The van der Waals surface area contributed by atoms with Crippen LogP contribution in [0.3, 0.4) is 0 Å². The normalized spacial score (nSPS) is 15.0. The molecule has 0 amide bonds. The van der Waals surface area contributed by atoms with E-state index in [1.54, 1.807) is 0 Å². The van der Waals surface area contributed by atoms with Crippen molar-refractivity contribution in [2.24, 2.45) is 0 Å². The average Bonchev–Trinajstić information content (AvgIpc) is 2.42. The van der Waals surface area contributed by atoms with E-state index in [1.165, 1.54) is 0 Å². The highest BCUT2D eigenvalue weighted by atomic mass is 16.4. The van der Waals surface area contributed by atoms with Gasteiger partial charge in [0.25, 0.3) is 0 Å². The Hall–Kier alpha value is -1.93. The fraction of sp³-hybridized carbons (Fsp3) is 0.500. The van der Waals surface area contributed by atoms with Crippen molar-refractivity contribution in [3.8, 4) is 0 Å². The lowest BCUT2D eigenvalue weighted by Gasteiger charge is -2.22. The summed E-state index contributed by atoms with van der Waals surface area (Å²) in [6.07, 6.45) is -6.07. The molecule has 0 bridgehead atoms. The van der Waals surface area contributed by atoms with E-state index in [2.05, 4.69) is 0 Å². The van der Waals surface area contributed by atoms with Crippen molar-refractivity contribution in [3.05, 3.63) is 12.2 Å². The molecule has 0 aromatic carbocycles. The second-order valence-corrected chi connectivity index (χ2v) is 3.33. The van der Waals surface area contributed by atoms with Gasteiger partial charge in [-0.2, -0.15) is 0 Å². The maximum Gasteiger partial charge on any atom is 0.151 e. The number of aldehydes is 1. The van der Waals surface area contributed by atoms with Crippen LogP contribution in [-0.4, -0.2) is 74.8 Å². The first-order valence-corrected chi connectivity index (χ1v) is 5.05. The Morgan fingerprint density at radius 3 is 1.50 bits per heavy atom. The lowest BCUT2D eigenvalue weighted by molar-refractivity contribution is -0.301. The molecule has 0 radical (unpaired) electrons. The SMILES string of the molecule is O=C([O-])/C=C\C(=O)[O-].O=C[C@H](O)[C@@H](O)[C@H](O)[C@H](O)CO.[NH4+].[NH4+]. The molecular weight excluding hydrogens is 308 g/mol. The Bertz CT molecular complexity index is 333. The number of quaternary nitrogens is 2. The van der Waals surface area contributed by atoms with Crippen molar-refractivity contribution in [1.82, 2.24) is 12.3 Å². The third-order valence-corrected chi connectivity index (χ3v) is 1.78. The van der Waals surface area contributed by atoms with Crippen molar-refractivity contribution < 1.29 is 50.1 Å². The summed E-state index contributed by atoms with van der Waals surface area (Å²) >= 11 is 0. The molecule has 12 heteroatoms. The smallest absolute Gasteiger partial charge is 0.151 e. The van der Waals surface area contributed by atoms with Crippen LogP contribution in [-0.2, 0) is 14.4 Å². The number of carbonyl (C=O) groups is 3. The number of aliphatic carboxylic acids is 2. The first-order valence-electron chi connectivity index (χ1n) is 5.05. The fourth-order valence-corrected chi connectivity index (χ4v) is 0.754. The molecule has 0 saturated heterocycles. The molecule has 0 saturated carbocycles. The summed E-state index contributed by atoms with van der Waals surface area (Å²) in [6, 6.07) is 0. The predicted octanol–water partition coefficient (Wildman–Crippen LogP) is -5.58. The molecule has 0 fully saturated rings. The van der Waals surface area contributed by atoms with Crippen LogP contribution in [0.2, 0.25) is 0 Å². The average molecular weight is 330 g/mol. The summed E-state index contributed by atoms with van der Waals surface area (Å²) in [5.41, 5.74) is 0. The predicted molar refractivity (Wildman–Crippen MR) is 68.3 cm³/mol. The molecule has 0 rings (SSSR count). The van der Waals surface area contributed by atoms with Crippen LogP contribution in [0, 0.1) is 0 Å². The first-order chi connectivity index (χ1) is 9.17. The Labute approximate surface area is 125 Å². The topological polar surface area (TPSA) is 271 Å². The molecule has 0 aliphatic rings. The quantitative estimate of drug-likeness (QED) is 0.171. The summed E-state index contributed by atoms with van der Waals surface area (Å²) in [5.74, 6) is -3.09. The van der Waals surface area contributed by atoms with Gasteiger partial charge in [0.1, 0.15) is 24.4 Å². The molecule has 0 spiro atoms. The minimum Gasteiger partial charge on any atom is -0.545 e. The molecule has 4 atom stereocenters. The van der Waals surface area contributed by atoms with Crippen LogP contribution < -0.4 is 22.5 Å². The van der Waals surface area contributed by atoms with Crippen molar-refractivity contribution in [1.29, 1.82) is 0 Å². The van der Waals surface area contributed by atoms with Crippen molar-refractivity contribution in [3.63, 3.8) is 0 Å². The van der Waals surface area contributed by atoms with Gasteiger partial charge < -0.3 is 62.4 Å². The minimum absolute atomic E-state index is 0. The number of carboxylic acid groups (broad SMARTS) is 2. The molecule has 0 aliphatic carbocycles. The number of rotatable bonds is 7. The summed E-state index contributed by atoms with van der Waals surface area (Å²) in [5, 5.41) is 62.4. The Balaban J connectivity index is -0.000000144. The molecular formula is C10H22N2O10. The highest BCUT2D eigenvalue weighted by Crippen LogP contribution is 2.02. The Kier molecular flexibility index (Phi) is 19.9.